The molecule has 15 heavy (non-hydrogen) atoms. The van der Waals surface area contributed by atoms with Gasteiger partial charge in [-0.3, -0.25) is 4.79 Å². The number of ether oxygens (including phenoxy) is 1. The van der Waals surface area contributed by atoms with E-state index in [-0.39, 0.29) is 11.4 Å². The van der Waals surface area contributed by atoms with Crippen molar-refractivity contribution >= 4 is 28.5 Å². The SMILES string of the molecule is COc1nc(C(F)F)cc(C(N)=O)c1I. The molecule has 0 aliphatic rings. The van der Waals surface area contributed by atoms with Gasteiger partial charge in [0, 0.05) is 0 Å². The van der Waals surface area contributed by atoms with E-state index in [9.17, 15) is 13.6 Å². The number of primary amides is 1. The maximum Gasteiger partial charge on any atom is 0.280 e. The Morgan fingerprint density at radius 3 is 2.67 bits per heavy atom. The molecule has 1 heterocycles. The fourth-order valence-electron chi connectivity index (χ4n) is 0.951. The molecule has 82 valence electrons. The summed E-state index contributed by atoms with van der Waals surface area (Å²) >= 11 is 1.76. The Labute approximate surface area is 98.0 Å². The van der Waals surface area contributed by atoms with Gasteiger partial charge in [0.1, 0.15) is 5.69 Å². The van der Waals surface area contributed by atoms with Gasteiger partial charge in [0.2, 0.25) is 11.8 Å². The normalized spacial score (nSPS) is 10.5. The third-order valence-electron chi connectivity index (χ3n) is 1.63. The van der Waals surface area contributed by atoms with Crippen molar-refractivity contribution in [1.82, 2.24) is 4.98 Å². The van der Waals surface area contributed by atoms with E-state index in [2.05, 4.69) is 4.98 Å². The van der Waals surface area contributed by atoms with Crippen LogP contribution in [0.2, 0.25) is 0 Å². The second-order valence-electron chi connectivity index (χ2n) is 2.58. The Balaban J connectivity index is 3.38. The number of aromatic nitrogens is 1. The molecule has 0 fully saturated rings. The van der Waals surface area contributed by atoms with E-state index in [1.54, 1.807) is 22.6 Å². The summed E-state index contributed by atoms with van der Waals surface area (Å²) in [4.78, 5) is 14.5. The van der Waals surface area contributed by atoms with Crippen LogP contribution in [0.4, 0.5) is 8.78 Å². The van der Waals surface area contributed by atoms with Gasteiger partial charge < -0.3 is 10.5 Å². The number of carbonyl (C=O) groups excluding carboxylic acids is 1. The minimum Gasteiger partial charge on any atom is -0.480 e. The Morgan fingerprint density at radius 1 is 1.67 bits per heavy atom. The van der Waals surface area contributed by atoms with Gasteiger partial charge in [-0.2, -0.15) is 0 Å². The molecule has 0 saturated carbocycles. The number of carbonyl (C=O) groups is 1. The molecular weight excluding hydrogens is 321 g/mol. The number of hydrogen-bond donors (Lipinski definition) is 1. The van der Waals surface area contributed by atoms with Crippen LogP contribution in [0, 0.1) is 3.57 Å². The summed E-state index contributed by atoms with van der Waals surface area (Å²) in [6, 6.07) is 0.970. The first-order valence-corrected chi connectivity index (χ1v) is 4.87. The van der Waals surface area contributed by atoms with Crippen LogP contribution in [-0.2, 0) is 0 Å². The highest BCUT2D eigenvalue weighted by Gasteiger charge is 2.19. The van der Waals surface area contributed by atoms with Crippen LogP contribution < -0.4 is 10.5 Å². The van der Waals surface area contributed by atoms with Crippen molar-refractivity contribution in [3.63, 3.8) is 0 Å². The third kappa shape index (κ3) is 2.52. The number of nitrogens with two attached hydrogens (primary N) is 1. The summed E-state index contributed by atoms with van der Waals surface area (Å²) in [6.07, 6.45) is -2.77. The maximum atomic E-state index is 12.4. The zero-order valence-corrected chi connectivity index (χ0v) is 9.79. The highest BCUT2D eigenvalue weighted by atomic mass is 127. The standard InChI is InChI=1S/C8H7F2IN2O2/c1-15-8-5(11)3(7(12)14)2-4(13-8)6(9)10/h2,6H,1H3,(H2,12,14). The largest absolute Gasteiger partial charge is 0.480 e. The molecule has 0 spiro atoms. The first-order chi connectivity index (χ1) is 6.97. The van der Waals surface area contributed by atoms with Crippen molar-refractivity contribution in [2.24, 2.45) is 5.73 Å². The van der Waals surface area contributed by atoms with E-state index >= 15 is 0 Å². The lowest BCUT2D eigenvalue weighted by molar-refractivity contribution is 0.0998. The number of nitrogens with zero attached hydrogens (tertiary/aromatic N) is 1. The third-order valence-corrected chi connectivity index (χ3v) is 2.67. The molecule has 0 unspecified atom stereocenters. The van der Waals surface area contributed by atoms with Gasteiger partial charge in [-0.25, -0.2) is 13.8 Å². The van der Waals surface area contributed by atoms with E-state index in [1.165, 1.54) is 7.11 Å². The number of alkyl halides is 2. The first kappa shape index (κ1) is 12.1. The number of hydrogen-bond acceptors (Lipinski definition) is 3. The molecular formula is C8H7F2IN2O2. The number of methoxy groups -OCH3 is 1. The molecule has 1 amide bonds. The summed E-state index contributed by atoms with van der Waals surface area (Å²) in [5.41, 5.74) is 4.49. The number of pyridine rings is 1. The zero-order chi connectivity index (χ0) is 11.6. The van der Waals surface area contributed by atoms with Crippen LogP contribution in [0.15, 0.2) is 6.07 Å². The lowest BCUT2D eigenvalue weighted by atomic mass is 10.2. The number of amides is 1. The van der Waals surface area contributed by atoms with Crippen molar-refractivity contribution in [2.75, 3.05) is 7.11 Å². The van der Waals surface area contributed by atoms with E-state index in [4.69, 9.17) is 10.5 Å². The Hall–Kier alpha value is -0.990. The summed E-state index contributed by atoms with van der Waals surface area (Å²) in [7, 11) is 1.28. The average Bonchev–Trinajstić information content (AvgIpc) is 2.17. The molecule has 1 rings (SSSR count). The zero-order valence-electron chi connectivity index (χ0n) is 7.63. The van der Waals surface area contributed by atoms with Crippen molar-refractivity contribution in [3.8, 4) is 5.88 Å². The Bertz CT molecular complexity index is 398. The van der Waals surface area contributed by atoms with Gasteiger partial charge in [0.15, 0.2) is 0 Å². The van der Waals surface area contributed by atoms with Gasteiger partial charge in [-0.1, -0.05) is 0 Å². The van der Waals surface area contributed by atoms with E-state index in [0.717, 1.165) is 6.07 Å². The molecule has 1 aromatic heterocycles. The van der Waals surface area contributed by atoms with Crippen LogP contribution >= 0.6 is 22.6 Å². The highest BCUT2D eigenvalue weighted by Crippen LogP contribution is 2.27. The number of halogens is 3. The van der Waals surface area contributed by atoms with Crippen molar-refractivity contribution < 1.29 is 18.3 Å². The highest BCUT2D eigenvalue weighted by molar-refractivity contribution is 14.1. The van der Waals surface area contributed by atoms with Gasteiger partial charge in [0.05, 0.1) is 16.2 Å². The molecule has 0 atom stereocenters. The average molecular weight is 328 g/mol. The smallest absolute Gasteiger partial charge is 0.280 e. The molecule has 7 heteroatoms. The fourth-order valence-corrected chi connectivity index (χ4v) is 1.71. The maximum absolute atomic E-state index is 12.4. The molecule has 4 nitrogen and oxygen atoms in total. The molecule has 1 aromatic rings. The van der Waals surface area contributed by atoms with Crippen LogP contribution in [-0.4, -0.2) is 18.0 Å². The first-order valence-electron chi connectivity index (χ1n) is 3.79. The molecule has 0 bridgehead atoms. The van der Waals surface area contributed by atoms with Crippen LogP contribution in [0.25, 0.3) is 0 Å². The van der Waals surface area contributed by atoms with Crippen molar-refractivity contribution in [1.29, 1.82) is 0 Å². The Morgan fingerprint density at radius 2 is 2.27 bits per heavy atom. The summed E-state index contributed by atoms with van der Waals surface area (Å²) < 4.78 is 29.9. The van der Waals surface area contributed by atoms with Gasteiger partial charge in [0.25, 0.3) is 6.43 Å². The second-order valence-corrected chi connectivity index (χ2v) is 3.66. The number of rotatable bonds is 3. The van der Waals surface area contributed by atoms with Gasteiger partial charge >= 0.3 is 0 Å². The summed E-state index contributed by atoms with van der Waals surface area (Å²) in [5.74, 6) is -0.816. The molecule has 0 radical (unpaired) electrons. The molecule has 0 aliphatic carbocycles. The minimum absolute atomic E-state index is 0.0160. The molecule has 0 aliphatic heterocycles. The lowest BCUT2D eigenvalue weighted by Gasteiger charge is -2.08. The van der Waals surface area contributed by atoms with E-state index in [1.807, 2.05) is 0 Å². The summed E-state index contributed by atoms with van der Waals surface area (Å²) in [6.45, 7) is 0. The lowest BCUT2D eigenvalue weighted by Crippen LogP contribution is -2.15. The molecule has 0 aromatic carbocycles. The quantitative estimate of drug-likeness (QED) is 0.860. The molecule has 2 N–H and O–H groups in total. The topological polar surface area (TPSA) is 65.2 Å². The molecule has 0 saturated heterocycles. The minimum atomic E-state index is -2.77. The van der Waals surface area contributed by atoms with Crippen molar-refractivity contribution in [2.45, 2.75) is 6.43 Å². The summed E-state index contributed by atoms with van der Waals surface area (Å²) in [5, 5.41) is 0. The van der Waals surface area contributed by atoms with Gasteiger partial charge in [-0.05, 0) is 28.7 Å². The van der Waals surface area contributed by atoms with Crippen LogP contribution in [0.5, 0.6) is 5.88 Å². The van der Waals surface area contributed by atoms with Gasteiger partial charge in [-0.15, -0.1) is 0 Å². The van der Waals surface area contributed by atoms with Crippen LogP contribution in [0.3, 0.4) is 0 Å². The van der Waals surface area contributed by atoms with Crippen molar-refractivity contribution in [3.05, 3.63) is 20.9 Å². The predicted octanol–water partition coefficient (Wildman–Crippen LogP) is 1.73. The Kier molecular flexibility index (Phi) is 3.77. The van der Waals surface area contributed by atoms with Crippen LogP contribution in [0.1, 0.15) is 22.5 Å². The monoisotopic (exact) mass is 328 g/mol. The van der Waals surface area contributed by atoms with E-state index < -0.39 is 18.0 Å². The predicted molar refractivity (Wildman–Crippen MR) is 57.0 cm³/mol. The fraction of sp³-hybridized carbons (Fsp3) is 0.250. The van der Waals surface area contributed by atoms with E-state index in [0.29, 0.717) is 3.57 Å². The second kappa shape index (κ2) is 4.69.